The summed E-state index contributed by atoms with van der Waals surface area (Å²) < 4.78 is 10.8. The number of rotatable bonds is 6. The van der Waals surface area contributed by atoms with Crippen molar-refractivity contribution in [3.8, 4) is 5.75 Å². The van der Waals surface area contributed by atoms with Crippen molar-refractivity contribution in [3.05, 3.63) is 47.4 Å². The molecule has 6 nitrogen and oxygen atoms in total. The third-order valence-corrected chi connectivity index (χ3v) is 4.86. The number of likely N-dealkylation sites (tertiary alicyclic amines) is 1. The number of aliphatic imine (C=N–C) groups is 1. The minimum Gasteiger partial charge on any atom is -0.495 e. The quantitative estimate of drug-likeness (QED) is 0.590. The zero-order valence-electron chi connectivity index (χ0n) is 15.0. The van der Waals surface area contributed by atoms with E-state index in [0.717, 1.165) is 24.5 Å². The Kier molecular flexibility index (Phi) is 6.41. The molecule has 1 saturated heterocycles. The predicted octanol–water partition coefficient (Wildman–Crippen LogP) is 3.90. The van der Waals surface area contributed by atoms with E-state index in [9.17, 15) is 0 Å². The molecule has 3 N–H and O–H groups in total. The van der Waals surface area contributed by atoms with Gasteiger partial charge in [-0.3, -0.25) is 9.89 Å². The summed E-state index contributed by atoms with van der Waals surface area (Å²) in [5.41, 5.74) is 6.84. The van der Waals surface area contributed by atoms with Crippen LogP contribution in [-0.4, -0.2) is 37.6 Å². The van der Waals surface area contributed by atoms with Gasteiger partial charge in [0.05, 0.1) is 31.0 Å². The van der Waals surface area contributed by atoms with Crippen molar-refractivity contribution >= 4 is 23.2 Å². The van der Waals surface area contributed by atoms with Gasteiger partial charge in [-0.15, -0.1) is 0 Å². The molecule has 1 fully saturated rings. The van der Waals surface area contributed by atoms with Crippen LogP contribution in [0.3, 0.4) is 0 Å². The molecule has 1 aromatic heterocycles. The first-order chi connectivity index (χ1) is 12.7. The van der Waals surface area contributed by atoms with Gasteiger partial charge >= 0.3 is 0 Å². The number of nitrogens with one attached hydrogen (secondary N) is 1. The Balaban J connectivity index is 1.67. The zero-order valence-corrected chi connectivity index (χ0v) is 15.7. The van der Waals surface area contributed by atoms with Crippen molar-refractivity contribution in [2.24, 2.45) is 10.7 Å². The standard InChI is InChI=1S/C19H25ClN4O2/c1-25-17-8-7-14(12-15(17)20)23-19(21)22-13-16(18-6-5-11-26-18)24-9-3-2-4-10-24/h5-8,11-12,16H,2-4,9-10,13H2,1H3,(H3,21,22,23). The minimum atomic E-state index is 0.102. The molecular weight excluding hydrogens is 352 g/mol. The van der Waals surface area contributed by atoms with Gasteiger partial charge in [0.2, 0.25) is 0 Å². The molecular formula is C19H25ClN4O2. The fraction of sp³-hybridized carbons (Fsp3) is 0.421. The lowest BCUT2D eigenvalue weighted by Gasteiger charge is -2.32. The maximum absolute atomic E-state index is 6.14. The molecule has 0 bridgehead atoms. The molecule has 0 aliphatic carbocycles. The summed E-state index contributed by atoms with van der Waals surface area (Å²) in [5, 5.41) is 3.60. The maximum Gasteiger partial charge on any atom is 0.193 e. The summed E-state index contributed by atoms with van der Waals surface area (Å²) in [4.78, 5) is 6.95. The first-order valence-electron chi connectivity index (χ1n) is 8.85. The molecule has 0 amide bonds. The molecule has 1 aromatic carbocycles. The Labute approximate surface area is 159 Å². The van der Waals surface area contributed by atoms with E-state index in [1.807, 2.05) is 18.2 Å². The van der Waals surface area contributed by atoms with E-state index >= 15 is 0 Å². The van der Waals surface area contributed by atoms with E-state index < -0.39 is 0 Å². The van der Waals surface area contributed by atoms with E-state index in [2.05, 4.69) is 15.2 Å². The fourth-order valence-corrected chi connectivity index (χ4v) is 3.47. The number of ether oxygens (including phenoxy) is 1. The molecule has 3 rings (SSSR count). The van der Waals surface area contributed by atoms with Crippen LogP contribution in [0.15, 0.2) is 46.0 Å². The van der Waals surface area contributed by atoms with Crippen LogP contribution in [0.1, 0.15) is 31.1 Å². The van der Waals surface area contributed by atoms with E-state index in [0.29, 0.717) is 23.3 Å². The van der Waals surface area contributed by atoms with Crippen molar-refractivity contribution in [3.63, 3.8) is 0 Å². The third-order valence-electron chi connectivity index (χ3n) is 4.56. The van der Waals surface area contributed by atoms with Crippen LogP contribution in [0.4, 0.5) is 5.69 Å². The SMILES string of the molecule is COc1ccc(NC(N)=NCC(c2ccco2)N2CCCCC2)cc1Cl. The van der Waals surface area contributed by atoms with Gasteiger partial charge in [0.15, 0.2) is 5.96 Å². The Morgan fingerprint density at radius 3 is 2.81 bits per heavy atom. The van der Waals surface area contributed by atoms with E-state index in [-0.39, 0.29) is 6.04 Å². The number of hydrogen-bond acceptors (Lipinski definition) is 4. The number of nitrogens with zero attached hydrogens (tertiary/aromatic N) is 2. The highest BCUT2D eigenvalue weighted by Crippen LogP contribution is 2.27. The second-order valence-corrected chi connectivity index (χ2v) is 6.74. The van der Waals surface area contributed by atoms with Gasteiger partial charge in [0, 0.05) is 5.69 Å². The number of furan rings is 1. The molecule has 1 atom stereocenters. The largest absolute Gasteiger partial charge is 0.495 e. The van der Waals surface area contributed by atoms with E-state index in [4.69, 9.17) is 26.5 Å². The molecule has 1 aliphatic rings. The summed E-state index contributed by atoms with van der Waals surface area (Å²) in [6.07, 6.45) is 5.40. The smallest absolute Gasteiger partial charge is 0.193 e. The summed E-state index contributed by atoms with van der Waals surface area (Å²) in [7, 11) is 1.58. The number of piperidine rings is 1. The van der Waals surface area contributed by atoms with Crippen LogP contribution in [0.25, 0.3) is 0 Å². The van der Waals surface area contributed by atoms with Crippen LogP contribution in [-0.2, 0) is 0 Å². The van der Waals surface area contributed by atoms with Crippen LogP contribution in [0, 0.1) is 0 Å². The molecule has 26 heavy (non-hydrogen) atoms. The molecule has 7 heteroatoms. The average molecular weight is 377 g/mol. The summed E-state index contributed by atoms with van der Waals surface area (Å²) in [5.74, 6) is 1.89. The van der Waals surface area contributed by atoms with Gasteiger partial charge in [0.25, 0.3) is 0 Å². The minimum absolute atomic E-state index is 0.102. The first-order valence-corrected chi connectivity index (χ1v) is 9.23. The van der Waals surface area contributed by atoms with Gasteiger partial charge in [-0.05, 0) is 56.3 Å². The average Bonchev–Trinajstić information content (AvgIpc) is 3.17. The molecule has 0 spiro atoms. The van der Waals surface area contributed by atoms with Crippen LogP contribution in [0.5, 0.6) is 5.75 Å². The zero-order chi connectivity index (χ0) is 18.4. The van der Waals surface area contributed by atoms with Gasteiger partial charge in [-0.25, -0.2) is 0 Å². The molecule has 2 heterocycles. The van der Waals surface area contributed by atoms with E-state index in [1.165, 1.54) is 19.3 Å². The lowest BCUT2D eigenvalue weighted by atomic mass is 10.1. The highest BCUT2D eigenvalue weighted by atomic mass is 35.5. The maximum atomic E-state index is 6.14. The van der Waals surface area contributed by atoms with Crippen LogP contribution < -0.4 is 15.8 Å². The Morgan fingerprint density at radius 1 is 1.35 bits per heavy atom. The summed E-state index contributed by atoms with van der Waals surface area (Å²) in [6.45, 7) is 2.65. The number of benzene rings is 1. The van der Waals surface area contributed by atoms with Gasteiger partial charge in [-0.1, -0.05) is 18.0 Å². The van der Waals surface area contributed by atoms with Crippen molar-refractivity contribution in [2.45, 2.75) is 25.3 Å². The Bertz CT molecular complexity index is 727. The number of guanidine groups is 1. The van der Waals surface area contributed by atoms with Crippen molar-refractivity contribution < 1.29 is 9.15 Å². The number of hydrogen-bond donors (Lipinski definition) is 2. The number of methoxy groups -OCH3 is 1. The van der Waals surface area contributed by atoms with Crippen molar-refractivity contribution in [1.82, 2.24) is 4.90 Å². The number of nitrogens with two attached hydrogens (primary N) is 1. The van der Waals surface area contributed by atoms with Gasteiger partial charge in [-0.2, -0.15) is 0 Å². The lowest BCUT2D eigenvalue weighted by molar-refractivity contribution is 0.150. The Morgan fingerprint density at radius 2 is 2.15 bits per heavy atom. The highest BCUT2D eigenvalue weighted by Gasteiger charge is 2.24. The van der Waals surface area contributed by atoms with Crippen LogP contribution >= 0.6 is 11.6 Å². The molecule has 2 aromatic rings. The molecule has 0 saturated carbocycles. The number of anilines is 1. The molecule has 140 valence electrons. The number of halogens is 1. The Hall–Kier alpha value is -2.18. The van der Waals surface area contributed by atoms with Gasteiger partial charge in [0.1, 0.15) is 11.5 Å². The molecule has 1 aliphatic heterocycles. The van der Waals surface area contributed by atoms with Crippen molar-refractivity contribution in [1.29, 1.82) is 0 Å². The monoisotopic (exact) mass is 376 g/mol. The van der Waals surface area contributed by atoms with Gasteiger partial charge < -0.3 is 20.2 Å². The predicted molar refractivity (Wildman–Crippen MR) is 105 cm³/mol. The van der Waals surface area contributed by atoms with E-state index in [1.54, 1.807) is 25.5 Å². The first kappa shape index (κ1) is 18.6. The highest BCUT2D eigenvalue weighted by molar-refractivity contribution is 6.32. The van der Waals surface area contributed by atoms with Crippen molar-refractivity contribution in [2.75, 3.05) is 32.1 Å². The topological polar surface area (TPSA) is 76.0 Å². The summed E-state index contributed by atoms with van der Waals surface area (Å²) in [6, 6.07) is 9.42. The van der Waals surface area contributed by atoms with Crippen LogP contribution in [0.2, 0.25) is 5.02 Å². The fourth-order valence-electron chi connectivity index (χ4n) is 3.21. The summed E-state index contributed by atoms with van der Waals surface area (Å²) >= 11 is 6.14. The molecule has 1 unspecified atom stereocenters. The molecule has 0 radical (unpaired) electrons. The third kappa shape index (κ3) is 4.71. The second kappa shape index (κ2) is 8.96. The second-order valence-electron chi connectivity index (χ2n) is 6.33. The lowest BCUT2D eigenvalue weighted by Crippen LogP contribution is -2.36. The normalized spacial score (nSPS) is 17.1.